The molecule has 2 aromatic rings. The molecule has 0 bridgehead atoms. The molecule has 2 N–H and O–H groups in total. The quantitative estimate of drug-likeness (QED) is 0.628. The molecule has 0 fully saturated rings. The largest absolute Gasteiger partial charge is 0.398 e. The molecule has 0 saturated heterocycles. The Kier molecular flexibility index (Phi) is 4.19. The van der Waals surface area contributed by atoms with Gasteiger partial charge in [-0.2, -0.15) is 0 Å². The van der Waals surface area contributed by atoms with Crippen LogP contribution in [0.2, 0.25) is 5.02 Å². The van der Waals surface area contributed by atoms with Crippen LogP contribution in [-0.2, 0) is 5.75 Å². The number of hydrogen-bond acceptors (Lipinski definition) is 3. The standard InChI is InChI=1S/C11H9BrClNS2/c12-7-3-9(15-5-7)6-16-8-1-2-11(14)10(13)4-8/h1-5H,6,14H2. The number of anilines is 1. The van der Waals surface area contributed by atoms with Gasteiger partial charge < -0.3 is 5.73 Å². The van der Waals surface area contributed by atoms with E-state index < -0.39 is 0 Å². The minimum Gasteiger partial charge on any atom is -0.398 e. The van der Waals surface area contributed by atoms with Crippen molar-refractivity contribution >= 4 is 56.3 Å². The third-order valence-corrected chi connectivity index (χ3v) is 5.23. The van der Waals surface area contributed by atoms with Crippen molar-refractivity contribution in [3.05, 3.63) is 44.0 Å². The van der Waals surface area contributed by atoms with E-state index in [1.807, 2.05) is 18.2 Å². The monoisotopic (exact) mass is 333 g/mol. The molecule has 2 rings (SSSR count). The van der Waals surface area contributed by atoms with Crippen LogP contribution in [0.3, 0.4) is 0 Å². The van der Waals surface area contributed by atoms with Crippen molar-refractivity contribution in [3.63, 3.8) is 0 Å². The van der Waals surface area contributed by atoms with E-state index in [4.69, 9.17) is 17.3 Å². The summed E-state index contributed by atoms with van der Waals surface area (Å²) in [6, 6.07) is 7.88. The second-order valence-electron chi connectivity index (χ2n) is 3.20. The third kappa shape index (κ3) is 3.17. The van der Waals surface area contributed by atoms with Crippen molar-refractivity contribution in [2.45, 2.75) is 10.6 Å². The van der Waals surface area contributed by atoms with Crippen LogP contribution in [0.15, 0.2) is 39.0 Å². The van der Waals surface area contributed by atoms with Gasteiger partial charge >= 0.3 is 0 Å². The first-order valence-corrected chi connectivity index (χ1v) is 7.59. The highest BCUT2D eigenvalue weighted by atomic mass is 79.9. The topological polar surface area (TPSA) is 26.0 Å². The van der Waals surface area contributed by atoms with E-state index in [1.54, 1.807) is 23.1 Å². The summed E-state index contributed by atoms with van der Waals surface area (Å²) in [7, 11) is 0. The Morgan fingerprint density at radius 2 is 2.19 bits per heavy atom. The lowest BCUT2D eigenvalue weighted by Crippen LogP contribution is -1.85. The Labute approximate surface area is 116 Å². The minimum atomic E-state index is 0.623. The minimum absolute atomic E-state index is 0.623. The number of thioether (sulfide) groups is 1. The molecule has 0 amide bonds. The van der Waals surface area contributed by atoms with Crippen LogP contribution in [-0.4, -0.2) is 0 Å². The molecule has 0 unspecified atom stereocenters. The molecule has 16 heavy (non-hydrogen) atoms. The maximum atomic E-state index is 5.96. The average molecular weight is 335 g/mol. The molecule has 0 aliphatic carbocycles. The lowest BCUT2D eigenvalue weighted by Gasteiger charge is -2.02. The number of nitrogens with two attached hydrogens (primary N) is 1. The Balaban J connectivity index is 2.02. The highest BCUT2D eigenvalue weighted by Gasteiger charge is 2.02. The maximum Gasteiger partial charge on any atom is 0.0646 e. The van der Waals surface area contributed by atoms with E-state index in [0.29, 0.717) is 10.7 Å². The predicted octanol–water partition coefficient (Wildman–Crippen LogP) is 5.04. The number of hydrogen-bond donors (Lipinski definition) is 1. The van der Waals surface area contributed by atoms with Crippen LogP contribution in [0.4, 0.5) is 5.69 Å². The first-order chi connectivity index (χ1) is 7.65. The fourth-order valence-corrected chi connectivity index (χ4v) is 3.87. The zero-order chi connectivity index (χ0) is 11.5. The molecule has 1 aromatic heterocycles. The first-order valence-electron chi connectivity index (χ1n) is 4.56. The van der Waals surface area contributed by atoms with Gasteiger partial charge in [0.1, 0.15) is 0 Å². The van der Waals surface area contributed by atoms with E-state index in [-0.39, 0.29) is 0 Å². The van der Waals surface area contributed by atoms with Gasteiger partial charge in [-0.25, -0.2) is 0 Å². The summed E-state index contributed by atoms with van der Waals surface area (Å²) in [4.78, 5) is 2.48. The van der Waals surface area contributed by atoms with E-state index >= 15 is 0 Å². The van der Waals surface area contributed by atoms with Crippen LogP contribution < -0.4 is 5.73 Å². The van der Waals surface area contributed by atoms with E-state index in [2.05, 4.69) is 27.4 Å². The number of nitrogen functional groups attached to an aromatic ring is 1. The van der Waals surface area contributed by atoms with Gasteiger partial charge in [-0.15, -0.1) is 23.1 Å². The van der Waals surface area contributed by atoms with Crippen molar-refractivity contribution in [2.24, 2.45) is 0 Å². The SMILES string of the molecule is Nc1ccc(SCc2cc(Br)cs2)cc1Cl. The summed E-state index contributed by atoms with van der Waals surface area (Å²) < 4.78 is 1.14. The van der Waals surface area contributed by atoms with Crippen molar-refractivity contribution in [1.82, 2.24) is 0 Å². The van der Waals surface area contributed by atoms with Crippen LogP contribution in [0.25, 0.3) is 0 Å². The lowest BCUT2D eigenvalue weighted by atomic mass is 10.3. The number of benzene rings is 1. The highest BCUT2D eigenvalue weighted by Crippen LogP contribution is 2.31. The smallest absolute Gasteiger partial charge is 0.0646 e. The second-order valence-corrected chi connectivity index (χ2v) is 6.57. The first kappa shape index (κ1) is 12.3. The maximum absolute atomic E-state index is 5.96. The molecule has 0 aliphatic rings. The normalized spacial score (nSPS) is 10.6. The number of thiophene rings is 1. The molecule has 0 saturated carbocycles. The zero-order valence-corrected chi connectivity index (χ0v) is 12.2. The molecule has 5 heteroatoms. The fourth-order valence-electron chi connectivity index (χ4n) is 1.18. The Bertz CT molecular complexity index is 498. The van der Waals surface area contributed by atoms with Gasteiger partial charge in [-0.05, 0) is 40.2 Å². The summed E-state index contributed by atoms with van der Waals surface area (Å²) in [6.45, 7) is 0. The zero-order valence-electron chi connectivity index (χ0n) is 8.24. The van der Waals surface area contributed by atoms with Crippen LogP contribution in [0, 0.1) is 0 Å². The Morgan fingerprint density at radius 3 is 2.81 bits per heavy atom. The molecule has 0 radical (unpaired) electrons. The van der Waals surface area contributed by atoms with E-state index in [9.17, 15) is 0 Å². The summed E-state index contributed by atoms with van der Waals surface area (Å²) in [5.41, 5.74) is 6.28. The third-order valence-electron chi connectivity index (χ3n) is 1.97. The van der Waals surface area contributed by atoms with Crippen molar-refractivity contribution in [3.8, 4) is 0 Å². The van der Waals surface area contributed by atoms with Crippen molar-refractivity contribution in [2.75, 3.05) is 5.73 Å². The van der Waals surface area contributed by atoms with Gasteiger partial charge in [0.05, 0.1) is 10.7 Å². The van der Waals surface area contributed by atoms with Gasteiger partial charge in [0, 0.05) is 25.4 Å². The molecular formula is C11H9BrClNS2. The highest BCUT2D eigenvalue weighted by molar-refractivity contribution is 9.10. The van der Waals surface area contributed by atoms with Crippen LogP contribution in [0.1, 0.15) is 4.88 Å². The molecule has 1 aromatic carbocycles. The van der Waals surface area contributed by atoms with Crippen LogP contribution in [0.5, 0.6) is 0 Å². The van der Waals surface area contributed by atoms with Gasteiger partial charge in [-0.3, -0.25) is 0 Å². The molecular weight excluding hydrogens is 326 g/mol. The second kappa shape index (κ2) is 5.45. The van der Waals surface area contributed by atoms with E-state index in [1.165, 1.54) is 4.88 Å². The number of rotatable bonds is 3. The van der Waals surface area contributed by atoms with Crippen molar-refractivity contribution < 1.29 is 0 Å². The molecule has 84 valence electrons. The summed E-state index contributed by atoms with van der Waals surface area (Å²) in [5, 5.41) is 2.71. The van der Waals surface area contributed by atoms with Gasteiger partial charge in [-0.1, -0.05) is 11.6 Å². The molecule has 1 heterocycles. The van der Waals surface area contributed by atoms with Gasteiger partial charge in [0.2, 0.25) is 0 Å². The average Bonchev–Trinajstić information content (AvgIpc) is 2.66. The molecule has 0 atom stereocenters. The summed E-state index contributed by atoms with van der Waals surface area (Å²) >= 11 is 12.9. The predicted molar refractivity (Wildman–Crippen MR) is 77.4 cm³/mol. The molecule has 1 nitrogen and oxygen atoms in total. The molecule has 0 spiro atoms. The lowest BCUT2D eigenvalue weighted by molar-refractivity contribution is 1.43. The number of halogens is 2. The van der Waals surface area contributed by atoms with Crippen molar-refractivity contribution in [1.29, 1.82) is 0 Å². The Morgan fingerprint density at radius 1 is 1.38 bits per heavy atom. The van der Waals surface area contributed by atoms with Crippen LogP contribution >= 0.6 is 50.6 Å². The summed E-state index contributed by atoms with van der Waals surface area (Å²) in [5.74, 6) is 0.955. The summed E-state index contributed by atoms with van der Waals surface area (Å²) in [6.07, 6.45) is 0. The Hall–Kier alpha value is -0.160. The molecule has 0 aliphatic heterocycles. The van der Waals surface area contributed by atoms with Gasteiger partial charge in [0.25, 0.3) is 0 Å². The van der Waals surface area contributed by atoms with E-state index in [0.717, 1.165) is 15.1 Å². The van der Waals surface area contributed by atoms with Gasteiger partial charge in [0.15, 0.2) is 0 Å². The fraction of sp³-hybridized carbons (Fsp3) is 0.0909.